The smallest absolute Gasteiger partial charge is 0.244 e. The van der Waals surface area contributed by atoms with Gasteiger partial charge in [0, 0.05) is 35.0 Å². The van der Waals surface area contributed by atoms with Crippen molar-refractivity contribution in [3.8, 4) is 0 Å². The van der Waals surface area contributed by atoms with Crippen LogP contribution in [0.1, 0.15) is 46.0 Å². The predicted molar refractivity (Wildman–Crippen MR) is 138 cm³/mol. The zero-order valence-electron chi connectivity index (χ0n) is 19.7. The molecule has 4 unspecified atom stereocenters. The highest BCUT2D eigenvalue weighted by Crippen LogP contribution is 2.67. The van der Waals surface area contributed by atoms with Crippen molar-refractivity contribution in [3.05, 3.63) is 30.3 Å². The second-order valence-corrected chi connectivity index (χ2v) is 12.4. The molecule has 1 aromatic rings. The Kier molecular flexibility index (Phi) is 7.94. The van der Waals surface area contributed by atoms with Crippen molar-refractivity contribution < 1.29 is 19.5 Å². The maximum Gasteiger partial charge on any atom is 0.244 e. The lowest BCUT2D eigenvalue weighted by molar-refractivity contribution is -0.139. The van der Waals surface area contributed by atoms with Crippen LogP contribution in [0.3, 0.4) is 0 Å². The number of unbranched alkanes of at least 4 members (excludes halogenated alkanes) is 1. The number of amides is 3. The van der Waals surface area contributed by atoms with Crippen LogP contribution in [0, 0.1) is 11.8 Å². The first kappa shape index (κ1) is 25.5. The van der Waals surface area contributed by atoms with Crippen molar-refractivity contribution in [2.75, 3.05) is 18.5 Å². The number of nitrogens with zero attached hydrogens (tertiary/aromatic N) is 1. The van der Waals surface area contributed by atoms with Gasteiger partial charge in [-0.2, -0.15) is 0 Å². The summed E-state index contributed by atoms with van der Waals surface area (Å²) in [6, 6.07) is 8.68. The van der Waals surface area contributed by atoms with Gasteiger partial charge in [-0.15, -0.1) is 11.8 Å². The number of aliphatic hydroxyl groups excluding tert-OH is 1. The average Bonchev–Trinajstić information content (AvgIpc) is 3.38. The summed E-state index contributed by atoms with van der Waals surface area (Å²) in [7, 11) is 0. The molecule has 3 amide bonds. The Balaban J connectivity index is 1.65. The minimum atomic E-state index is -0.635. The number of halogens is 1. The zero-order chi connectivity index (χ0) is 24.5. The lowest BCUT2D eigenvalue weighted by atomic mass is 9.70. The van der Waals surface area contributed by atoms with Gasteiger partial charge in [0.15, 0.2) is 0 Å². The van der Waals surface area contributed by atoms with E-state index < -0.39 is 22.6 Å². The minimum absolute atomic E-state index is 0.0166. The van der Waals surface area contributed by atoms with Gasteiger partial charge in [-0.05, 0) is 44.7 Å². The topological polar surface area (TPSA) is 98.7 Å². The van der Waals surface area contributed by atoms with Gasteiger partial charge in [0.05, 0.1) is 16.6 Å². The van der Waals surface area contributed by atoms with Gasteiger partial charge in [0.25, 0.3) is 0 Å². The first-order valence-electron chi connectivity index (χ1n) is 12.2. The van der Waals surface area contributed by atoms with Crippen molar-refractivity contribution in [1.29, 1.82) is 0 Å². The summed E-state index contributed by atoms with van der Waals surface area (Å²) in [5.41, 5.74) is 0.702. The SMILES string of the molecule is CCCC(C)NC(=O)C1N(CCCCO)C(=O)[C@@H]2[C@@H](C(=O)Nc3ccccc3)[C@@H]3SC12CC3Br. The van der Waals surface area contributed by atoms with E-state index in [9.17, 15) is 19.5 Å². The van der Waals surface area contributed by atoms with E-state index in [1.165, 1.54) is 0 Å². The number of thioether (sulfide) groups is 1. The normalized spacial score (nSPS) is 32.5. The van der Waals surface area contributed by atoms with Crippen LogP contribution in [0.15, 0.2) is 30.3 Å². The number of fused-ring (bicyclic) bond motifs is 1. The number of hydrogen-bond donors (Lipinski definition) is 3. The third-order valence-electron chi connectivity index (χ3n) is 7.30. The number of benzene rings is 1. The van der Waals surface area contributed by atoms with Gasteiger partial charge < -0.3 is 20.6 Å². The summed E-state index contributed by atoms with van der Waals surface area (Å²) < 4.78 is -0.635. The van der Waals surface area contributed by atoms with E-state index in [0.717, 1.165) is 12.8 Å². The predicted octanol–water partition coefficient (Wildman–Crippen LogP) is 3.17. The zero-order valence-corrected chi connectivity index (χ0v) is 22.1. The molecule has 2 bridgehead atoms. The van der Waals surface area contributed by atoms with Gasteiger partial charge in [-0.25, -0.2) is 0 Å². The Morgan fingerprint density at radius 3 is 2.68 bits per heavy atom. The molecule has 0 aliphatic carbocycles. The molecule has 34 heavy (non-hydrogen) atoms. The molecule has 3 fully saturated rings. The summed E-state index contributed by atoms with van der Waals surface area (Å²) >= 11 is 5.43. The number of aliphatic hydroxyl groups is 1. The van der Waals surface area contributed by atoms with E-state index in [-0.39, 0.29) is 40.4 Å². The highest BCUT2D eigenvalue weighted by Gasteiger charge is 2.75. The van der Waals surface area contributed by atoms with Gasteiger partial charge in [0.2, 0.25) is 17.7 Å². The summed E-state index contributed by atoms with van der Waals surface area (Å²) in [5, 5.41) is 15.3. The van der Waals surface area contributed by atoms with Crippen LogP contribution in [-0.4, -0.2) is 67.8 Å². The first-order valence-corrected chi connectivity index (χ1v) is 14.0. The second-order valence-electron chi connectivity index (χ2n) is 9.68. The number of nitrogens with one attached hydrogen (secondary N) is 2. The van der Waals surface area contributed by atoms with E-state index in [2.05, 4.69) is 33.5 Å². The number of hydrogen-bond acceptors (Lipinski definition) is 5. The van der Waals surface area contributed by atoms with Crippen LogP contribution in [0.2, 0.25) is 0 Å². The molecule has 7 nitrogen and oxygen atoms in total. The van der Waals surface area contributed by atoms with Gasteiger partial charge in [-0.1, -0.05) is 47.5 Å². The van der Waals surface area contributed by atoms with Crippen molar-refractivity contribution in [1.82, 2.24) is 10.2 Å². The standard InChI is InChI=1S/C25H34BrN3O4S/c1-3-9-15(2)27-23(32)21-25-14-17(26)20(34-25)18(22(31)28-16-10-5-4-6-11-16)19(25)24(33)29(21)12-7-8-13-30/h4-6,10-11,15,17-21,30H,3,7-9,12-14H2,1-2H3,(H,27,32)(H,28,31)/t15?,17?,18-,19+,20-,21?,25?/m1/s1. The van der Waals surface area contributed by atoms with E-state index in [0.29, 0.717) is 31.5 Å². The number of rotatable bonds is 10. The lowest BCUT2D eigenvalue weighted by Gasteiger charge is -2.36. The minimum Gasteiger partial charge on any atom is -0.396 e. The van der Waals surface area contributed by atoms with E-state index >= 15 is 0 Å². The molecule has 0 radical (unpaired) electrons. The molecular formula is C25H34BrN3O4S. The summed E-state index contributed by atoms with van der Waals surface area (Å²) in [6.07, 6.45) is 3.68. The van der Waals surface area contributed by atoms with Crippen LogP contribution in [0.4, 0.5) is 5.69 Å². The highest BCUT2D eigenvalue weighted by molar-refractivity contribution is 9.09. The van der Waals surface area contributed by atoms with Gasteiger partial charge in [0.1, 0.15) is 6.04 Å². The number of alkyl halides is 1. The molecule has 3 aliphatic rings. The van der Waals surface area contributed by atoms with Crippen LogP contribution >= 0.6 is 27.7 Å². The number of likely N-dealkylation sites (tertiary alicyclic amines) is 1. The van der Waals surface area contributed by atoms with Gasteiger partial charge >= 0.3 is 0 Å². The molecule has 4 rings (SSSR count). The molecular weight excluding hydrogens is 518 g/mol. The van der Waals surface area contributed by atoms with Crippen LogP contribution in [0.5, 0.6) is 0 Å². The Morgan fingerprint density at radius 1 is 1.26 bits per heavy atom. The molecule has 3 saturated heterocycles. The molecule has 7 atom stereocenters. The monoisotopic (exact) mass is 551 g/mol. The molecule has 1 spiro atoms. The lowest BCUT2D eigenvalue weighted by Crippen LogP contribution is -2.55. The molecule has 0 aromatic heterocycles. The molecule has 1 aromatic carbocycles. The van der Waals surface area contributed by atoms with Crippen molar-refractivity contribution in [2.24, 2.45) is 11.8 Å². The number of carbonyl (C=O) groups is 3. The fourth-order valence-electron chi connectivity index (χ4n) is 5.94. The van der Waals surface area contributed by atoms with Crippen molar-refractivity contribution in [3.63, 3.8) is 0 Å². The molecule has 0 saturated carbocycles. The fraction of sp³-hybridized carbons (Fsp3) is 0.640. The maximum atomic E-state index is 13.8. The van der Waals surface area contributed by atoms with Crippen LogP contribution in [-0.2, 0) is 14.4 Å². The maximum absolute atomic E-state index is 13.8. The summed E-state index contributed by atoms with van der Waals surface area (Å²) in [6.45, 7) is 4.52. The molecule has 3 heterocycles. The number of para-hydroxylation sites is 1. The molecule has 3 N–H and O–H groups in total. The number of carbonyl (C=O) groups excluding carboxylic acids is 3. The summed E-state index contributed by atoms with van der Waals surface area (Å²) in [5.74, 6) is -1.45. The second kappa shape index (κ2) is 10.6. The number of anilines is 1. The average molecular weight is 553 g/mol. The van der Waals surface area contributed by atoms with Crippen LogP contribution in [0.25, 0.3) is 0 Å². The molecule has 186 valence electrons. The highest BCUT2D eigenvalue weighted by atomic mass is 79.9. The summed E-state index contributed by atoms with van der Waals surface area (Å²) in [4.78, 5) is 42.7. The van der Waals surface area contributed by atoms with E-state index in [1.807, 2.05) is 37.3 Å². The first-order chi connectivity index (χ1) is 16.3. The Morgan fingerprint density at radius 2 is 2.00 bits per heavy atom. The Labute approximate surface area is 213 Å². The van der Waals surface area contributed by atoms with Crippen LogP contribution < -0.4 is 10.6 Å². The van der Waals surface area contributed by atoms with Crippen molar-refractivity contribution in [2.45, 2.75) is 72.9 Å². The largest absolute Gasteiger partial charge is 0.396 e. The van der Waals surface area contributed by atoms with E-state index in [1.54, 1.807) is 16.7 Å². The molecule has 3 aliphatic heterocycles. The fourth-order valence-corrected chi connectivity index (χ4v) is 9.55. The quantitative estimate of drug-likeness (QED) is 0.306. The Bertz CT molecular complexity index is 919. The Hall–Kier alpha value is -1.58. The van der Waals surface area contributed by atoms with Gasteiger partial charge in [-0.3, -0.25) is 14.4 Å². The van der Waals surface area contributed by atoms with Crippen molar-refractivity contribution >= 4 is 51.1 Å². The van der Waals surface area contributed by atoms with E-state index in [4.69, 9.17) is 0 Å². The third-order valence-corrected chi connectivity index (χ3v) is 10.5. The molecule has 9 heteroatoms. The third kappa shape index (κ3) is 4.51.